The van der Waals surface area contributed by atoms with Gasteiger partial charge in [-0.25, -0.2) is 4.98 Å². The molecule has 1 amide bonds. The van der Waals surface area contributed by atoms with E-state index >= 15 is 0 Å². The Morgan fingerprint density at radius 2 is 1.94 bits per heavy atom. The summed E-state index contributed by atoms with van der Waals surface area (Å²) in [5.74, 6) is 0.339. The Labute approximate surface area is 198 Å². The lowest BCUT2D eigenvalue weighted by Crippen LogP contribution is -2.28. The maximum absolute atomic E-state index is 12.3. The predicted molar refractivity (Wildman–Crippen MR) is 135 cm³/mol. The monoisotopic (exact) mass is 509 g/mol. The summed E-state index contributed by atoms with van der Waals surface area (Å²) >= 11 is 6.48. The zero-order valence-electron chi connectivity index (χ0n) is 16.8. The molecule has 3 aromatic carbocycles. The van der Waals surface area contributed by atoms with Crippen LogP contribution in [0.3, 0.4) is 0 Å². The van der Waals surface area contributed by atoms with Crippen LogP contribution in [0.5, 0.6) is 0 Å². The molecule has 0 aliphatic carbocycles. The molecular weight excluding hydrogens is 490 g/mol. The molecule has 4 aromatic rings. The van der Waals surface area contributed by atoms with Gasteiger partial charge in [-0.15, -0.1) is 11.3 Å². The van der Waals surface area contributed by atoms with E-state index < -0.39 is 0 Å². The molecule has 0 saturated heterocycles. The first kappa shape index (κ1) is 21.7. The molecule has 1 N–H and O–H groups in total. The second-order valence-corrected chi connectivity index (χ2v) is 10.1. The van der Waals surface area contributed by atoms with Crippen molar-refractivity contribution in [2.45, 2.75) is 17.3 Å². The number of rotatable bonds is 7. The van der Waals surface area contributed by atoms with Crippen LogP contribution >= 0.6 is 39.0 Å². The van der Waals surface area contributed by atoms with E-state index in [1.54, 1.807) is 11.3 Å². The van der Waals surface area contributed by atoms with E-state index in [9.17, 15) is 4.79 Å². The standard InChI is InChI=1S/C24H20BrN3OS2/c1-16(18-5-3-2-4-6-18)27-23(29)15-30-24-28-21-12-11-20(13-22(21)31-24)26-14-17-7-9-19(25)10-8-17/h2-14,16H,15H2,1H3,(H,27,29). The molecule has 0 bridgehead atoms. The number of benzene rings is 3. The molecule has 7 heteroatoms. The van der Waals surface area contributed by atoms with Crippen LogP contribution in [0.1, 0.15) is 24.1 Å². The molecule has 1 aromatic heterocycles. The van der Waals surface area contributed by atoms with Crippen LogP contribution < -0.4 is 5.32 Å². The van der Waals surface area contributed by atoms with Gasteiger partial charge in [-0.05, 0) is 48.4 Å². The minimum absolute atomic E-state index is 0.000367. The van der Waals surface area contributed by atoms with E-state index in [1.165, 1.54) is 11.8 Å². The number of nitrogens with one attached hydrogen (secondary N) is 1. The molecule has 0 aliphatic rings. The second-order valence-electron chi connectivity index (χ2n) is 6.93. The number of carbonyl (C=O) groups is 1. The largest absolute Gasteiger partial charge is 0.349 e. The molecule has 0 spiro atoms. The fraction of sp³-hybridized carbons (Fsp3) is 0.125. The van der Waals surface area contributed by atoms with Gasteiger partial charge in [0, 0.05) is 10.7 Å². The highest BCUT2D eigenvalue weighted by atomic mass is 79.9. The maximum Gasteiger partial charge on any atom is 0.230 e. The number of thiazole rings is 1. The Bertz CT molecular complexity index is 1210. The van der Waals surface area contributed by atoms with Gasteiger partial charge in [0.2, 0.25) is 5.91 Å². The molecule has 4 rings (SSSR count). The van der Waals surface area contributed by atoms with E-state index in [4.69, 9.17) is 0 Å². The quantitative estimate of drug-likeness (QED) is 0.220. The Kier molecular flexibility index (Phi) is 7.17. The van der Waals surface area contributed by atoms with Crippen molar-refractivity contribution in [3.8, 4) is 0 Å². The van der Waals surface area contributed by atoms with Crippen LogP contribution in [-0.2, 0) is 4.79 Å². The van der Waals surface area contributed by atoms with Crippen molar-refractivity contribution in [1.82, 2.24) is 10.3 Å². The van der Waals surface area contributed by atoms with Gasteiger partial charge in [-0.2, -0.15) is 0 Å². The van der Waals surface area contributed by atoms with Gasteiger partial charge in [0.25, 0.3) is 0 Å². The minimum Gasteiger partial charge on any atom is -0.349 e. The summed E-state index contributed by atoms with van der Waals surface area (Å²) < 4.78 is 2.99. The van der Waals surface area contributed by atoms with Gasteiger partial charge in [-0.3, -0.25) is 9.79 Å². The molecule has 0 aliphatic heterocycles. The molecule has 1 atom stereocenters. The summed E-state index contributed by atoms with van der Waals surface area (Å²) in [6.07, 6.45) is 1.85. The number of fused-ring (bicyclic) bond motifs is 1. The van der Waals surface area contributed by atoms with Crippen LogP contribution in [0.4, 0.5) is 5.69 Å². The smallest absolute Gasteiger partial charge is 0.230 e. The lowest BCUT2D eigenvalue weighted by molar-refractivity contribution is -0.119. The Balaban J connectivity index is 1.36. The summed E-state index contributed by atoms with van der Waals surface area (Å²) in [6, 6.07) is 23.9. The van der Waals surface area contributed by atoms with Crippen LogP contribution in [0.25, 0.3) is 10.2 Å². The molecule has 1 unspecified atom stereocenters. The van der Waals surface area contributed by atoms with Crippen molar-refractivity contribution in [3.63, 3.8) is 0 Å². The number of hydrogen-bond donors (Lipinski definition) is 1. The molecule has 0 fully saturated rings. The van der Waals surface area contributed by atoms with Crippen molar-refractivity contribution in [2.75, 3.05) is 5.75 Å². The van der Waals surface area contributed by atoms with Gasteiger partial charge in [0.1, 0.15) is 0 Å². The number of aromatic nitrogens is 1. The van der Waals surface area contributed by atoms with Crippen LogP contribution in [0.15, 0.2) is 86.6 Å². The number of amides is 1. The minimum atomic E-state index is -0.0178. The summed E-state index contributed by atoms with van der Waals surface area (Å²) in [4.78, 5) is 21.5. The highest BCUT2D eigenvalue weighted by Crippen LogP contribution is 2.32. The first-order valence-corrected chi connectivity index (χ1v) is 12.3. The molecule has 31 heavy (non-hydrogen) atoms. The van der Waals surface area contributed by atoms with Gasteiger partial charge in [-0.1, -0.05) is 70.2 Å². The highest BCUT2D eigenvalue weighted by Gasteiger charge is 2.11. The zero-order valence-corrected chi connectivity index (χ0v) is 20.0. The Morgan fingerprint density at radius 3 is 2.71 bits per heavy atom. The number of thioether (sulfide) groups is 1. The number of halogens is 1. The average Bonchev–Trinajstić information content (AvgIpc) is 3.20. The lowest BCUT2D eigenvalue weighted by atomic mass is 10.1. The molecule has 0 saturated carbocycles. The second kappa shape index (κ2) is 10.2. The van der Waals surface area contributed by atoms with Crippen molar-refractivity contribution < 1.29 is 4.79 Å². The van der Waals surface area contributed by atoms with E-state index in [1.807, 2.05) is 85.9 Å². The highest BCUT2D eigenvalue weighted by molar-refractivity contribution is 9.10. The fourth-order valence-electron chi connectivity index (χ4n) is 2.97. The van der Waals surface area contributed by atoms with Crippen LogP contribution in [0.2, 0.25) is 0 Å². The molecule has 4 nitrogen and oxygen atoms in total. The third-order valence-electron chi connectivity index (χ3n) is 4.59. The summed E-state index contributed by atoms with van der Waals surface area (Å²) in [6.45, 7) is 1.99. The zero-order chi connectivity index (χ0) is 21.6. The topological polar surface area (TPSA) is 54.4 Å². The third-order valence-corrected chi connectivity index (χ3v) is 7.28. The van der Waals surface area contributed by atoms with E-state index in [2.05, 4.69) is 31.2 Å². The summed E-state index contributed by atoms with van der Waals surface area (Å²) in [5.41, 5.74) is 3.94. The maximum atomic E-state index is 12.3. The van der Waals surface area contributed by atoms with E-state index in [0.717, 1.165) is 35.8 Å². The van der Waals surface area contributed by atoms with Crippen LogP contribution in [0, 0.1) is 0 Å². The summed E-state index contributed by atoms with van der Waals surface area (Å²) in [7, 11) is 0. The number of aliphatic imine (C=N–C) groups is 1. The third kappa shape index (κ3) is 6.03. The van der Waals surface area contributed by atoms with Gasteiger partial charge in [0.05, 0.1) is 27.7 Å². The van der Waals surface area contributed by atoms with Crippen molar-refractivity contribution in [1.29, 1.82) is 0 Å². The molecule has 156 valence electrons. The number of hydrogen-bond acceptors (Lipinski definition) is 5. The normalized spacial score (nSPS) is 12.3. The number of carbonyl (C=O) groups excluding carboxylic acids is 1. The van der Waals surface area contributed by atoms with Crippen molar-refractivity contribution in [3.05, 3.63) is 88.4 Å². The first-order chi connectivity index (χ1) is 15.1. The van der Waals surface area contributed by atoms with Crippen molar-refractivity contribution >= 4 is 67.1 Å². The van der Waals surface area contributed by atoms with Gasteiger partial charge >= 0.3 is 0 Å². The Morgan fingerprint density at radius 1 is 1.16 bits per heavy atom. The lowest BCUT2D eigenvalue weighted by Gasteiger charge is -2.13. The van der Waals surface area contributed by atoms with Gasteiger partial charge < -0.3 is 5.32 Å². The SMILES string of the molecule is CC(NC(=O)CSc1nc2ccc(N=Cc3ccc(Br)cc3)cc2s1)c1ccccc1. The molecule has 1 heterocycles. The predicted octanol–water partition coefficient (Wildman–Crippen LogP) is 6.78. The fourth-order valence-corrected chi connectivity index (χ4v) is 5.14. The van der Waals surface area contributed by atoms with E-state index in [-0.39, 0.29) is 11.9 Å². The summed E-state index contributed by atoms with van der Waals surface area (Å²) in [5, 5.41) is 3.04. The average molecular weight is 510 g/mol. The van der Waals surface area contributed by atoms with Crippen LogP contribution in [-0.4, -0.2) is 22.9 Å². The van der Waals surface area contributed by atoms with Crippen molar-refractivity contribution in [2.24, 2.45) is 4.99 Å². The van der Waals surface area contributed by atoms with E-state index in [0.29, 0.717) is 5.75 Å². The van der Waals surface area contributed by atoms with Gasteiger partial charge in [0.15, 0.2) is 4.34 Å². The number of nitrogens with zero attached hydrogens (tertiary/aromatic N) is 2. The molecule has 0 radical (unpaired) electrons. The molecular formula is C24H20BrN3OS2. The Hall–Kier alpha value is -2.48. The first-order valence-electron chi connectivity index (χ1n) is 9.74.